The number of carboxylic acid groups (broad SMARTS) is 1. The van der Waals surface area contributed by atoms with Gasteiger partial charge in [0.15, 0.2) is 0 Å². The van der Waals surface area contributed by atoms with Crippen LogP contribution in [0, 0.1) is 5.41 Å². The van der Waals surface area contributed by atoms with Crippen LogP contribution in [0.3, 0.4) is 0 Å². The van der Waals surface area contributed by atoms with Gasteiger partial charge in [0.2, 0.25) is 0 Å². The number of aliphatic carboxylic acids is 1. The first-order valence-electron chi connectivity index (χ1n) is 5.75. The van der Waals surface area contributed by atoms with Crippen molar-refractivity contribution < 1.29 is 14.6 Å². The number of rotatable bonds is 4. The molecule has 0 amide bonds. The zero-order valence-corrected chi connectivity index (χ0v) is 10.1. The van der Waals surface area contributed by atoms with Crippen LogP contribution in [0.5, 0.6) is 0 Å². The Kier molecular flexibility index (Phi) is 3.15. The van der Waals surface area contributed by atoms with E-state index in [9.17, 15) is 9.90 Å². The third-order valence-electron chi connectivity index (χ3n) is 3.19. The molecule has 1 fully saturated rings. The summed E-state index contributed by atoms with van der Waals surface area (Å²) in [5, 5.41) is 13.5. The molecule has 0 radical (unpaired) electrons. The van der Waals surface area contributed by atoms with Crippen molar-refractivity contribution >= 4 is 5.97 Å². The normalized spacial score (nSPS) is 24.4. The highest BCUT2D eigenvalue weighted by atomic mass is 16.5. The van der Waals surface area contributed by atoms with E-state index in [1.165, 1.54) is 6.33 Å². The molecule has 1 aliphatic rings. The highest BCUT2D eigenvalue weighted by Gasteiger charge is 2.43. The quantitative estimate of drug-likeness (QED) is 0.844. The molecule has 2 rings (SSSR count). The number of ether oxygens (including phenoxy) is 1. The van der Waals surface area contributed by atoms with Gasteiger partial charge in [-0.15, -0.1) is 0 Å². The van der Waals surface area contributed by atoms with Crippen molar-refractivity contribution in [2.45, 2.75) is 32.7 Å². The molecule has 1 aromatic heterocycles. The lowest BCUT2D eigenvalue weighted by Gasteiger charge is -2.22. The first-order chi connectivity index (χ1) is 8.05. The molecule has 6 nitrogen and oxygen atoms in total. The average Bonchev–Trinajstić information content (AvgIpc) is 2.87. The van der Waals surface area contributed by atoms with Crippen LogP contribution in [-0.2, 0) is 16.0 Å². The van der Waals surface area contributed by atoms with Gasteiger partial charge in [-0.25, -0.2) is 9.67 Å². The van der Waals surface area contributed by atoms with Crippen molar-refractivity contribution in [2.24, 2.45) is 5.41 Å². The summed E-state index contributed by atoms with van der Waals surface area (Å²) in [6, 6.07) is 0.181. The maximum Gasteiger partial charge on any atom is 0.312 e. The van der Waals surface area contributed by atoms with E-state index in [1.54, 1.807) is 4.68 Å². The van der Waals surface area contributed by atoms with E-state index in [-0.39, 0.29) is 12.6 Å². The van der Waals surface area contributed by atoms with Crippen LogP contribution in [0.15, 0.2) is 6.33 Å². The average molecular weight is 239 g/mol. The number of aromatic nitrogens is 3. The monoisotopic (exact) mass is 239 g/mol. The Bertz CT molecular complexity index is 408. The van der Waals surface area contributed by atoms with Crippen LogP contribution in [0.2, 0.25) is 0 Å². The first-order valence-corrected chi connectivity index (χ1v) is 5.75. The number of nitrogens with zero attached hydrogens (tertiary/aromatic N) is 3. The van der Waals surface area contributed by atoms with Gasteiger partial charge in [-0.3, -0.25) is 4.79 Å². The van der Waals surface area contributed by atoms with Gasteiger partial charge in [0, 0.05) is 19.1 Å². The molecule has 0 spiro atoms. The molecule has 0 saturated carbocycles. The molecule has 17 heavy (non-hydrogen) atoms. The van der Waals surface area contributed by atoms with Gasteiger partial charge in [-0.2, -0.15) is 5.10 Å². The second-order valence-electron chi connectivity index (χ2n) is 4.78. The van der Waals surface area contributed by atoms with Crippen LogP contribution in [0.4, 0.5) is 0 Å². The summed E-state index contributed by atoms with van der Waals surface area (Å²) < 4.78 is 7.00. The van der Waals surface area contributed by atoms with Crippen LogP contribution in [0.1, 0.15) is 32.1 Å². The standard InChI is InChI=1S/C11H17N3O3/c1-8(2)14-9(12-7-13-14)5-11(10(15)16)3-4-17-6-11/h7-8H,3-6H2,1-2H3,(H,15,16). The van der Waals surface area contributed by atoms with E-state index < -0.39 is 11.4 Å². The Balaban J connectivity index is 2.24. The lowest BCUT2D eigenvalue weighted by atomic mass is 9.83. The maximum absolute atomic E-state index is 11.4. The number of carboxylic acids is 1. The molecule has 1 N–H and O–H groups in total. The van der Waals surface area contributed by atoms with Gasteiger partial charge in [-0.05, 0) is 20.3 Å². The molecule has 6 heteroatoms. The molecular weight excluding hydrogens is 222 g/mol. The Morgan fingerprint density at radius 2 is 2.47 bits per heavy atom. The highest BCUT2D eigenvalue weighted by molar-refractivity contribution is 5.75. The smallest absolute Gasteiger partial charge is 0.312 e. The van der Waals surface area contributed by atoms with Gasteiger partial charge in [-0.1, -0.05) is 0 Å². The second kappa shape index (κ2) is 4.44. The molecular formula is C11H17N3O3. The van der Waals surface area contributed by atoms with E-state index in [0.717, 1.165) is 0 Å². The van der Waals surface area contributed by atoms with Crippen molar-refractivity contribution in [3.63, 3.8) is 0 Å². The summed E-state index contributed by atoms with van der Waals surface area (Å²) in [6.07, 6.45) is 2.38. The molecule has 1 saturated heterocycles. The minimum absolute atomic E-state index is 0.181. The van der Waals surface area contributed by atoms with Gasteiger partial charge in [0.25, 0.3) is 0 Å². The van der Waals surface area contributed by atoms with E-state index in [1.807, 2.05) is 13.8 Å². The van der Waals surface area contributed by atoms with Gasteiger partial charge < -0.3 is 9.84 Å². The largest absolute Gasteiger partial charge is 0.481 e. The minimum Gasteiger partial charge on any atom is -0.481 e. The Morgan fingerprint density at radius 3 is 3.00 bits per heavy atom. The van der Waals surface area contributed by atoms with Gasteiger partial charge >= 0.3 is 5.97 Å². The summed E-state index contributed by atoms with van der Waals surface area (Å²) in [5.74, 6) is -0.0961. The topological polar surface area (TPSA) is 77.2 Å². The third-order valence-corrected chi connectivity index (χ3v) is 3.19. The van der Waals surface area contributed by atoms with Crippen molar-refractivity contribution in [2.75, 3.05) is 13.2 Å². The van der Waals surface area contributed by atoms with Crippen LogP contribution >= 0.6 is 0 Å². The van der Waals surface area contributed by atoms with Gasteiger partial charge in [0.05, 0.1) is 6.61 Å². The van der Waals surface area contributed by atoms with E-state index >= 15 is 0 Å². The van der Waals surface area contributed by atoms with E-state index in [0.29, 0.717) is 25.3 Å². The van der Waals surface area contributed by atoms with Crippen molar-refractivity contribution in [3.05, 3.63) is 12.2 Å². The Labute approximate surface area is 99.6 Å². The molecule has 0 aromatic carbocycles. The Morgan fingerprint density at radius 1 is 1.71 bits per heavy atom. The molecule has 1 unspecified atom stereocenters. The summed E-state index contributed by atoms with van der Waals surface area (Å²) >= 11 is 0. The zero-order valence-electron chi connectivity index (χ0n) is 10.1. The summed E-state index contributed by atoms with van der Waals surface area (Å²) in [5.41, 5.74) is -0.834. The molecule has 1 aliphatic heterocycles. The molecule has 1 aromatic rings. The van der Waals surface area contributed by atoms with E-state index in [4.69, 9.17) is 4.74 Å². The van der Waals surface area contributed by atoms with E-state index in [2.05, 4.69) is 10.1 Å². The fraction of sp³-hybridized carbons (Fsp3) is 0.727. The minimum atomic E-state index is -0.834. The number of hydrogen-bond donors (Lipinski definition) is 1. The van der Waals surface area contributed by atoms with Crippen molar-refractivity contribution in [3.8, 4) is 0 Å². The predicted molar refractivity (Wildman–Crippen MR) is 59.6 cm³/mol. The molecule has 0 aliphatic carbocycles. The summed E-state index contributed by atoms with van der Waals surface area (Å²) in [6.45, 7) is 4.75. The third kappa shape index (κ3) is 2.17. The number of hydrogen-bond acceptors (Lipinski definition) is 4. The predicted octanol–water partition coefficient (Wildman–Crippen LogP) is 0.893. The fourth-order valence-electron chi connectivity index (χ4n) is 2.13. The maximum atomic E-state index is 11.4. The number of carbonyl (C=O) groups is 1. The SMILES string of the molecule is CC(C)n1ncnc1CC1(C(=O)O)CCOC1. The highest BCUT2D eigenvalue weighted by Crippen LogP contribution is 2.32. The Hall–Kier alpha value is -1.43. The summed E-state index contributed by atoms with van der Waals surface area (Å²) in [4.78, 5) is 15.6. The van der Waals surface area contributed by atoms with Gasteiger partial charge in [0.1, 0.15) is 17.6 Å². The molecule has 94 valence electrons. The summed E-state index contributed by atoms with van der Waals surface area (Å²) in [7, 11) is 0. The molecule has 2 heterocycles. The van der Waals surface area contributed by atoms with Crippen LogP contribution in [0.25, 0.3) is 0 Å². The van der Waals surface area contributed by atoms with Crippen LogP contribution < -0.4 is 0 Å². The van der Waals surface area contributed by atoms with Crippen molar-refractivity contribution in [1.82, 2.24) is 14.8 Å². The lowest BCUT2D eigenvalue weighted by Crippen LogP contribution is -2.35. The molecule has 0 bridgehead atoms. The first kappa shape index (κ1) is 12.0. The lowest BCUT2D eigenvalue weighted by molar-refractivity contribution is -0.149. The second-order valence-corrected chi connectivity index (χ2v) is 4.78. The zero-order chi connectivity index (χ0) is 12.5. The van der Waals surface area contributed by atoms with Crippen molar-refractivity contribution in [1.29, 1.82) is 0 Å². The molecule has 1 atom stereocenters. The fourth-order valence-corrected chi connectivity index (χ4v) is 2.13. The van der Waals surface area contributed by atoms with Crippen LogP contribution in [-0.4, -0.2) is 39.1 Å².